The Labute approximate surface area is 152 Å². The number of nitrogens with one attached hydrogen (secondary N) is 2. The lowest BCUT2D eigenvalue weighted by atomic mass is 10.00. The van der Waals surface area contributed by atoms with E-state index in [1.165, 1.54) is 18.2 Å². The second kappa shape index (κ2) is 10.9. The quantitative estimate of drug-likeness (QED) is 0.718. The molecule has 1 aliphatic rings. The van der Waals surface area contributed by atoms with Crippen LogP contribution in [0.3, 0.4) is 0 Å². The molecule has 0 bridgehead atoms. The predicted molar refractivity (Wildman–Crippen MR) is 99.0 cm³/mol. The van der Waals surface area contributed by atoms with Crippen LogP contribution in [0.5, 0.6) is 0 Å². The van der Waals surface area contributed by atoms with E-state index in [0.717, 1.165) is 26.1 Å². The van der Waals surface area contributed by atoms with Gasteiger partial charge in [-0.2, -0.15) is 0 Å². The first kappa shape index (κ1) is 20.3. The van der Waals surface area contributed by atoms with E-state index < -0.39 is 0 Å². The average molecular weight is 377 g/mol. The number of carbonyl (C=O) groups is 2. The van der Waals surface area contributed by atoms with Gasteiger partial charge in [-0.3, -0.25) is 9.59 Å². The summed E-state index contributed by atoms with van der Waals surface area (Å²) in [4.78, 5) is 23.7. The van der Waals surface area contributed by atoms with E-state index >= 15 is 0 Å². The van der Waals surface area contributed by atoms with Crippen molar-refractivity contribution in [3.05, 3.63) is 34.9 Å². The first-order valence-electron chi connectivity index (χ1n) is 7.49. The lowest BCUT2D eigenvalue weighted by Gasteiger charge is -2.22. The Kier molecular flexibility index (Phi) is 9.63. The van der Waals surface area contributed by atoms with Crippen LogP contribution in [0.1, 0.15) is 23.2 Å². The number of benzene rings is 1. The van der Waals surface area contributed by atoms with Gasteiger partial charge >= 0.3 is 0 Å². The molecule has 0 radical (unpaired) electrons. The van der Waals surface area contributed by atoms with Crippen molar-refractivity contribution in [2.24, 2.45) is 5.92 Å². The topological polar surface area (TPSA) is 58.2 Å². The maximum Gasteiger partial charge on any atom is 0.230 e. The van der Waals surface area contributed by atoms with Gasteiger partial charge < -0.3 is 10.6 Å². The van der Waals surface area contributed by atoms with E-state index in [9.17, 15) is 9.59 Å². The van der Waals surface area contributed by atoms with Gasteiger partial charge in [0.2, 0.25) is 5.91 Å². The highest BCUT2D eigenvalue weighted by molar-refractivity contribution is 8.00. The predicted octanol–water partition coefficient (Wildman–Crippen LogP) is 2.79. The Bertz CT molecular complexity index is 505. The van der Waals surface area contributed by atoms with Gasteiger partial charge in [-0.15, -0.1) is 24.2 Å². The van der Waals surface area contributed by atoms with Crippen molar-refractivity contribution < 1.29 is 9.59 Å². The van der Waals surface area contributed by atoms with Gasteiger partial charge in [0.1, 0.15) is 0 Å². The van der Waals surface area contributed by atoms with Gasteiger partial charge in [0.25, 0.3) is 0 Å². The molecule has 1 aromatic carbocycles. The normalized spacial score (nSPS) is 17.2. The van der Waals surface area contributed by atoms with Crippen molar-refractivity contribution in [2.75, 3.05) is 31.1 Å². The van der Waals surface area contributed by atoms with Gasteiger partial charge in [-0.05, 0) is 56.1 Å². The number of hydrogen-bond acceptors (Lipinski definition) is 4. The molecule has 1 aliphatic heterocycles. The molecule has 0 saturated carbocycles. The number of amides is 1. The largest absolute Gasteiger partial charge is 0.355 e. The summed E-state index contributed by atoms with van der Waals surface area (Å²) in [5.41, 5.74) is 0.630. The van der Waals surface area contributed by atoms with Crippen LogP contribution in [0.4, 0.5) is 0 Å². The lowest BCUT2D eigenvalue weighted by Crippen LogP contribution is -2.38. The SMILES string of the molecule is Cl.O=C(CSCC(=O)c1ccc(Cl)cc1)NCC1CCCNC1. The summed E-state index contributed by atoms with van der Waals surface area (Å²) in [6.07, 6.45) is 2.33. The standard InChI is InChI=1S/C16H21ClN2O2S.ClH/c17-14-5-3-13(4-6-14)15(20)10-22-11-16(21)19-9-12-2-1-7-18-8-12;/h3-6,12,18H,1-2,7-11H2,(H,19,21);1H. The fourth-order valence-corrected chi connectivity index (χ4v) is 3.23. The highest BCUT2D eigenvalue weighted by Gasteiger charge is 2.14. The van der Waals surface area contributed by atoms with Crippen molar-refractivity contribution in [1.82, 2.24) is 10.6 Å². The molecule has 7 heteroatoms. The number of rotatable bonds is 7. The number of Topliss-reactive ketones (excluding diaryl/α,β-unsaturated/α-hetero) is 1. The number of halogens is 2. The monoisotopic (exact) mass is 376 g/mol. The number of thioether (sulfide) groups is 1. The summed E-state index contributed by atoms with van der Waals surface area (Å²) in [6, 6.07) is 6.82. The van der Waals surface area contributed by atoms with E-state index in [0.29, 0.717) is 28.0 Å². The Balaban J connectivity index is 0.00000264. The molecular weight excluding hydrogens is 355 g/mol. The molecule has 0 spiro atoms. The highest BCUT2D eigenvalue weighted by atomic mass is 35.5. The molecule has 23 heavy (non-hydrogen) atoms. The molecule has 1 aromatic rings. The maximum atomic E-state index is 11.9. The smallest absolute Gasteiger partial charge is 0.230 e. The molecule has 1 fully saturated rings. The van der Waals surface area contributed by atoms with Crippen molar-refractivity contribution in [3.63, 3.8) is 0 Å². The van der Waals surface area contributed by atoms with E-state index in [-0.39, 0.29) is 24.1 Å². The van der Waals surface area contributed by atoms with Crippen LogP contribution in [0.25, 0.3) is 0 Å². The molecular formula is C16H22Cl2N2O2S. The lowest BCUT2D eigenvalue weighted by molar-refractivity contribution is -0.118. The summed E-state index contributed by atoms with van der Waals surface area (Å²) in [6.45, 7) is 2.77. The van der Waals surface area contributed by atoms with Gasteiger partial charge in [0, 0.05) is 17.1 Å². The van der Waals surface area contributed by atoms with Crippen LogP contribution < -0.4 is 10.6 Å². The molecule has 0 aliphatic carbocycles. The Hall–Kier alpha value is -0.750. The fraction of sp³-hybridized carbons (Fsp3) is 0.500. The van der Waals surface area contributed by atoms with Crippen LogP contribution in [0, 0.1) is 5.92 Å². The minimum Gasteiger partial charge on any atom is -0.355 e. The zero-order valence-corrected chi connectivity index (χ0v) is 15.2. The minimum atomic E-state index is -0.000482. The third-order valence-electron chi connectivity index (χ3n) is 3.62. The van der Waals surface area contributed by atoms with E-state index in [1.54, 1.807) is 24.3 Å². The summed E-state index contributed by atoms with van der Waals surface area (Å²) < 4.78 is 0. The molecule has 1 amide bonds. The molecule has 2 rings (SSSR count). The first-order chi connectivity index (χ1) is 10.6. The van der Waals surface area contributed by atoms with Crippen molar-refractivity contribution in [1.29, 1.82) is 0 Å². The van der Waals surface area contributed by atoms with Crippen molar-refractivity contribution >= 4 is 47.5 Å². The number of ketones is 1. The maximum absolute atomic E-state index is 11.9. The number of piperidine rings is 1. The zero-order valence-electron chi connectivity index (χ0n) is 12.8. The third kappa shape index (κ3) is 7.57. The van der Waals surface area contributed by atoms with Gasteiger partial charge in [0.15, 0.2) is 5.78 Å². The summed E-state index contributed by atoms with van der Waals surface area (Å²) in [7, 11) is 0. The Morgan fingerprint density at radius 2 is 2.00 bits per heavy atom. The number of hydrogen-bond donors (Lipinski definition) is 2. The molecule has 1 atom stereocenters. The summed E-state index contributed by atoms with van der Waals surface area (Å²) in [5, 5.41) is 6.88. The first-order valence-corrected chi connectivity index (χ1v) is 9.02. The molecule has 1 saturated heterocycles. The van der Waals surface area contributed by atoms with Crippen molar-refractivity contribution in [3.8, 4) is 0 Å². The third-order valence-corrected chi connectivity index (χ3v) is 4.80. The molecule has 2 N–H and O–H groups in total. The van der Waals surface area contributed by atoms with Crippen LogP contribution in [-0.4, -0.2) is 42.8 Å². The highest BCUT2D eigenvalue weighted by Crippen LogP contribution is 2.12. The second-order valence-corrected chi connectivity index (χ2v) is 6.86. The van der Waals surface area contributed by atoms with Crippen LogP contribution in [0.2, 0.25) is 5.02 Å². The average Bonchev–Trinajstić information content (AvgIpc) is 2.54. The molecule has 1 unspecified atom stereocenters. The minimum absolute atomic E-state index is 0. The molecule has 128 valence electrons. The Morgan fingerprint density at radius 3 is 2.65 bits per heavy atom. The second-order valence-electron chi connectivity index (χ2n) is 5.44. The van der Waals surface area contributed by atoms with Crippen LogP contribution >= 0.6 is 35.8 Å². The Morgan fingerprint density at radius 1 is 1.26 bits per heavy atom. The molecule has 0 aromatic heterocycles. The van der Waals surface area contributed by atoms with Gasteiger partial charge in [0.05, 0.1) is 11.5 Å². The van der Waals surface area contributed by atoms with Gasteiger partial charge in [-0.25, -0.2) is 0 Å². The van der Waals surface area contributed by atoms with E-state index in [4.69, 9.17) is 11.6 Å². The summed E-state index contributed by atoms with van der Waals surface area (Å²) in [5.74, 6) is 1.17. The fourth-order valence-electron chi connectivity index (χ4n) is 2.36. The molecule has 4 nitrogen and oxygen atoms in total. The van der Waals surface area contributed by atoms with Crippen molar-refractivity contribution in [2.45, 2.75) is 12.8 Å². The number of carbonyl (C=O) groups excluding carboxylic acids is 2. The zero-order chi connectivity index (χ0) is 15.8. The summed E-state index contributed by atoms with van der Waals surface area (Å²) >= 11 is 7.13. The van der Waals surface area contributed by atoms with Crippen LogP contribution in [-0.2, 0) is 4.79 Å². The van der Waals surface area contributed by atoms with Crippen LogP contribution in [0.15, 0.2) is 24.3 Å². The van der Waals surface area contributed by atoms with E-state index in [2.05, 4.69) is 10.6 Å². The van der Waals surface area contributed by atoms with E-state index in [1.807, 2.05) is 0 Å². The van der Waals surface area contributed by atoms with Gasteiger partial charge in [-0.1, -0.05) is 11.6 Å². The molecule has 1 heterocycles.